The van der Waals surface area contributed by atoms with Crippen LogP contribution in [-0.2, 0) is 9.84 Å². The van der Waals surface area contributed by atoms with Gasteiger partial charge in [0.2, 0.25) is 0 Å². The SMILES string of the molecule is O=C(Nc1ccc(S(=O)(=O)C2CCCC2)cc1)c1cc(Br)ccc1Cl. The molecule has 2 aromatic carbocycles. The number of rotatable bonds is 4. The number of benzene rings is 2. The molecule has 2 aromatic rings. The molecule has 1 aliphatic rings. The molecule has 1 saturated carbocycles. The van der Waals surface area contributed by atoms with Crippen LogP contribution in [0.4, 0.5) is 5.69 Å². The van der Waals surface area contributed by atoms with Crippen LogP contribution in [0.3, 0.4) is 0 Å². The van der Waals surface area contributed by atoms with Crippen LogP contribution in [0.5, 0.6) is 0 Å². The molecule has 0 unspecified atom stereocenters. The molecule has 132 valence electrons. The molecule has 0 heterocycles. The smallest absolute Gasteiger partial charge is 0.257 e. The number of amides is 1. The normalized spacial score (nSPS) is 15.3. The Morgan fingerprint density at radius 1 is 1.08 bits per heavy atom. The fourth-order valence-electron chi connectivity index (χ4n) is 2.99. The van der Waals surface area contributed by atoms with Gasteiger partial charge in [-0.25, -0.2) is 8.42 Å². The second-order valence-electron chi connectivity index (χ2n) is 6.05. The van der Waals surface area contributed by atoms with Crippen LogP contribution >= 0.6 is 27.5 Å². The zero-order valence-electron chi connectivity index (χ0n) is 13.3. The first-order chi connectivity index (χ1) is 11.9. The Balaban J connectivity index is 1.76. The van der Waals surface area contributed by atoms with E-state index in [9.17, 15) is 13.2 Å². The van der Waals surface area contributed by atoms with Crippen LogP contribution in [0.1, 0.15) is 36.0 Å². The van der Waals surface area contributed by atoms with E-state index in [0.29, 0.717) is 21.2 Å². The van der Waals surface area contributed by atoms with Gasteiger partial charge in [-0.15, -0.1) is 0 Å². The Labute approximate surface area is 160 Å². The number of anilines is 1. The van der Waals surface area contributed by atoms with Gasteiger partial charge in [0.1, 0.15) is 0 Å². The number of nitrogens with one attached hydrogen (secondary N) is 1. The molecular weight excluding hydrogens is 426 g/mol. The van der Waals surface area contributed by atoms with Gasteiger partial charge in [-0.2, -0.15) is 0 Å². The molecule has 0 aliphatic heterocycles. The first kappa shape index (κ1) is 18.4. The highest BCUT2D eigenvalue weighted by molar-refractivity contribution is 9.10. The Kier molecular flexibility index (Phi) is 5.51. The minimum Gasteiger partial charge on any atom is -0.322 e. The van der Waals surface area contributed by atoms with Crippen LogP contribution in [0, 0.1) is 0 Å². The summed E-state index contributed by atoms with van der Waals surface area (Å²) in [6.07, 6.45) is 3.38. The third-order valence-electron chi connectivity index (χ3n) is 4.35. The van der Waals surface area contributed by atoms with Crippen LogP contribution in [0.25, 0.3) is 0 Å². The van der Waals surface area contributed by atoms with Crippen LogP contribution < -0.4 is 5.32 Å². The van der Waals surface area contributed by atoms with Crippen molar-refractivity contribution in [3.05, 3.63) is 57.5 Å². The van der Waals surface area contributed by atoms with E-state index in [1.807, 2.05) is 0 Å². The third-order valence-corrected chi connectivity index (χ3v) is 7.46. The van der Waals surface area contributed by atoms with E-state index in [-0.39, 0.29) is 11.2 Å². The Morgan fingerprint density at radius 2 is 1.72 bits per heavy atom. The van der Waals surface area contributed by atoms with Crippen LogP contribution in [-0.4, -0.2) is 19.6 Å². The van der Waals surface area contributed by atoms with Gasteiger partial charge in [-0.3, -0.25) is 4.79 Å². The lowest BCUT2D eigenvalue weighted by atomic mass is 10.2. The van der Waals surface area contributed by atoms with Gasteiger partial charge in [0.05, 0.1) is 20.7 Å². The van der Waals surface area contributed by atoms with E-state index >= 15 is 0 Å². The van der Waals surface area contributed by atoms with Gasteiger partial charge in [0, 0.05) is 10.2 Å². The zero-order chi connectivity index (χ0) is 18.0. The van der Waals surface area contributed by atoms with Gasteiger partial charge >= 0.3 is 0 Å². The minimum atomic E-state index is -3.29. The van der Waals surface area contributed by atoms with Crippen molar-refractivity contribution in [1.29, 1.82) is 0 Å². The Morgan fingerprint density at radius 3 is 2.36 bits per heavy atom. The summed E-state index contributed by atoms with van der Waals surface area (Å²) >= 11 is 9.36. The molecule has 3 rings (SSSR count). The van der Waals surface area contributed by atoms with Crippen molar-refractivity contribution in [3.63, 3.8) is 0 Å². The van der Waals surface area contributed by atoms with Crippen molar-refractivity contribution in [1.82, 2.24) is 0 Å². The monoisotopic (exact) mass is 441 g/mol. The van der Waals surface area contributed by atoms with E-state index in [4.69, 9.17) is 11.6 Å². The maximum atomic E-state index is 12.6. The highest BCUT2D eigenvalue weighted by Gasteiger charge is 2.30. The highest BCUT2D eigenvalue weighted by atomic mass is 79.9. The van der Waals surface area contributed by atoms with E-state index in [1.54, 1.807) is 42.5 Å². The molecule has 0 saturated heterocycles. The van der Waals surface area contributed by atoms with Crippen molar-refractivity contribution in [2.45, 2.75) is 35.8 Å². The van der Waals surface area contributed by atoms with Crippen LogP contribution in [0.15, 0.2) is 51.8 Å². The molecule has 25 heavy (non-hydrogen) atoms. The second kappa shape index (κ2) is 7.48. The molecule has 1 N–H and O–H groups in total. The largest absolute Gasteiger partial charge is 0.322 e. The lowest BCUT2D eigenvalue weighted by molar-refractivity contribution is 0.102. The van der Waals surface area contributed by atoms with Gasteiger partial charge in [-0.1, -0.05) is 40.4 Å². The first-order valence-electron chi connectivity index (χ1n) is 7.98. The average Bonchev–Trinajstić information content (AvgIpc) is 3.13. The summed E-state index contributed by atoms with van der Waals surface area (Å²) in [7, 11) is -3.29. The number of halogens is 2. The molecule has 1 fully saturated rings. The highest BCUT2D eigenvalue weighted by Crippen LogP contribution is 2.30. The zero-order valence-corrected chi connectivity index (χ0v) is 16.5. The number of sulfone groups is 1. The summed E-state index contributed by atoms with van der Waals surface area (Å²) < 4.78 is 25.9. The quantitative estimate of drug-likeness (QED) is 0.719. The Bertz CT molecular complexity index is 891. The number of carbonyl (C=O) groups is 1. The fourth-order valence-corrected chi connectivity index (χ4v) is 5.41. The maximum Gasteiger partial charge on any atom is 0.257 e. The van der Waals surface area contributed by atoms with Crippen LogP contribution in [0.2, 0.25) is 5.02 Å². The molecule has 0 spiro atoms. The molecule has 0 atom stereocenters. The number of hydrogen-bond donors (Lipinski definition) is 1. The molecule has 1 aliphatic carbocycles. The molecule has 0 aromatic heterocycles. The summed E-state index contributed by atoms with van der Waals surface area (Å²) in [6, 6.07) is 11.3. The summed E-state index contributed by atoms with van der Waals surface area (Å²) in [4.78, 5) is 12.6. The van der Waals surface area contributed by atoms with Crippen molar-refractivity contribution in [3.8, 4) is 0 Å². The molecule has 4 nitrogen and oxygen atoms in total. The van der Waals surface area contributed by atoms with Crippen molar-refractivity contribution >= 4 is 49.0 Å². The predicted molar refractivity (Wildman–Crippen MR) is 103 cm³/mol. The topological polar surface area (TPSA) is 63.2 Å². The summed E-state index contributed by atoms with van der Waals surface area (Å²) in [5.74, 6) is -0.349. The summed E-state index contributed by atoms with van der Waals surface area (Å²) in [5.41, 5.74) is 0.866. The van der Waals surface area contributed by atoms with Gasteiger partial charge in [0.15, 0.2) is 9.84 Å². The molecular formula is C18H17BrClNO3S. The van der Waals surface area contributed by atoms with E-state index in [0.717, 1.165) is 30.2 Å². The van der Waals surface area contributed by atoms with Gasteiger partial charge in [-0.05, 0) is 55.3 Å². The van der Waals surface area contributed by atoms with E-state index in [1.165, 1.54) is 0 Å². The second-order valence-corrected chi connectivity index (χ2v) is 9.61. The van der Waals surface area contributed by atoms with Crippen molar-refractivity contribution < 1.29 is 13.2 Å². The first-order valence-corrected chi connectivity index (χ1v) is 10.7. The fraction of sp³-hybridized carbons (Fsp3) is 0.278. The van der Waals surface area contributed by atoms with Gasteiger partial charge < -0.3 is 5.32 Å². The third kappa shape index (κ3) is 4.07. The number of carbonyl (C=O) groups excluding carboxylic acids is 1. The lowest BCUT2D eigenvalue weighted by Crippen LogP contribution is -2.18. The maximum absolute atomic E-state index is 12.6. The molecule has 7 heteroatoms. The molecule has 1 amide bonds. The van der Waals surface area contributed by atoms with Crippen molar-refractivity contribution in [2.24, 2.45) is 0 Å². The average molecular weight is 443 g/mol. The minimum absolute atomic E-state index is 0.284. The molecule has 0 bridgehead atoms. The lowest BCUT2D eigenvalue weighted by Gasteiger charge is -2.12. The van der Waals surface area contributed by atoms with E-state index in [2.05, 4.69) is 21.2 Å². The Hall–Kier alpha value is -1.37. The van der Waals surface area contributed by atoms with E-state index < -0.39 is 9.84 Å². The molecule has 0 radical (unpaired) electrons. The standard InChI is InChI=1S/C18H17BrClNO3S/c19-12-5-10-17(20)16(11-12)18(22)21-13-6-8-15(9-7-13)25(23,24)14-3-1-2-4-14/h5-11,14H,1-4H2,(H,21,22). The summed E-state index contributed by atoms with van der Waals surface area (Å²) in [6.45, 7) is 0. The van der Waals surface area contributed by atoms with Crippen molar-refractivity contribution in [2.75, 3.05) is 5.32 Å². The number of hydrogen-bond acceptors (Lipinski definition) is 3. The van der Waals surface area contributed by atoms with Gasteiger partial charge in [0.25, 0.3) is 5.91 Å². The predicted octanol–water partition coefficient (Wildman–Crippen LogP) is 5.07. The summed E-state index contributed by atoms with van der Waals surface area (Å²) in [5, 5.41) is 2.80.